The summed E-state index contributed by atoms with van der Waals surface area (Å²) in [5, 5.41) is 3.43. The van der Waals surface area contributed by atoms with Crippen LogP contribution in [-0.2, 0) is 0 Å². The molecule has 2 aliphatic carbocycles. The van der Waals surface area contributed by atoms with E-state index < -0.39 is 0 Å². The molecular weight excluding hydrogens is 236 g/mol. The second-order valence-corrected chi connectivity index (χ2v) is 6.43. The van der Waals surface area contributed by atoms with Gasteiger partial charge in [0.05, 0.1) is 0 Å². The maximum atomic E-state index is 5.55. The average Bonchev–Trinajstić information content (AvgIpc) is 2.90. The second-order valence-electron chi connectivity index (χ2n) is 6.43. The Morgan fingerprint density at radius 3 is 2.63 bits per heavy atom. The van der Waals surface area contributed by atoms with Gasteiger partial charge in [0.2, 0.25) is 5.96 Å². The molecule has 2 saturated carbocycles. The zero-order valence-electron chi connectivity index (χ0n) is 12.3. The standard InChI is InChI=1S/C15H30N4/c1-12-5-4-6-13(11-12)9-10-17-15(19-16)18-14-7-2-3-8-14/h12-14H,2-11,16H2,1H3,(H2,17,18,19). The van der Waals surface area contributed by atoms with Gasteiger partial charge < -0.3 is 5.32 Å². The summed E-state index contributed by atoms with van der Waals surface area (Å²) in [6.07, 6.45) is 12.0. The van der Waals surface area contributed by atoms with E-state index in [0.717, 1.165) is 24.3 Å². The van der Waals surface area contributed by atoms with Crippen molar-refractivity contribution in [2.45, 2.75) is 70.8 Å². The fourth-order valence-electron chi connectivity index (χ4n) is 3.58. The van der Waals surface area contributed by atoms with Crippen molar-refractivity contribution in [2.75, 3.05) is 6.54 Å². The van der Waals surface area contributed by atoms with Crippen LogP contribution >= 0.6 is 0 Å². The van der Waals surface area contributed by atoms with Crippen molar-refractivity contribution in [3.05, 3.63) is 0 Å². The van der Waals surface area contributed by atoms with Crippen LogP contribution in [-0.4, -0.2) is 18.5 Å². The Bertz CT molecular complexity index is 284. The van der Waals surface area contributed by atoms with Crippen LogP contribution in [0.4, 0.5) is 0 Å². The monoisotopic (exact) mass is 266 g/mol. The van der Waals surface area contributed by atoms with Gasteiger partial charge in [-0.25, -0.2) is 5.84 Å². The van der Waals surface area contributed by atoms with E-state index in [2.05, 4.69) is 22.7 Å². The summed E-state index contributed by atoms with van der Waals surface area (Å²) in [7, 11) is 0. The molecule has 4 heteroatoms. The number of aliphatic imine (C=N–C) groups is 1. The zero-order valence-corrected chi connectivity index (χ0v) is 12.3. The molecule has 2 aliphatic rings. The quantitative estimate of drug-likeness (QED) is 0.317. The van der Waals surface area contributed by atoms with E-state index in [1.165, 1.54) is 57.8 Å². The van der Waals surface area contributed by atoms with E-state index in [1.807, 2.05) is 0 Å². The Labute approximate surface area is 117 Å². The number of hydrogen-bond donors (Lipinski definition) is 3. The summed E-state index contributed by atoms with van der Waals surface area (Å²) in [6, 6.07) is 0.574. The maximum Gasteiger partial charge on any atom is 0.205 e. The van der Waals surface area contributed by atoms with Gasteiger partial charge in [0.1, 0.15) is 0 Å². The van der Waals surface area contributed by atoms with E-state index in [9.17, 15) is 0 Å². The Kier molecular flexibility index (Phi) is 5.95. The van der Waals surface area contributed by atoms with Crippen LogP contribution in [0, 0.1) is 11.8 Å². The largest absolute Gasteiger partial charge is 0.353 e. The predicted molar refractivity (Wildman–Crippen MR) is 80.8 cm³/mol. The number of nitrogens with zero attached hydrogens (tertiary/aromatic N) is 1. The van der Waals surface area contributed by atoms with Crippen molar-refractivity contribution in [1.29, 1.82) is 0 Å². The molecule has 0 radical (unpaired) electrons. The predicted octanol–water partition coefficient (Wildman–Crippen LogP) is 2.55. The molecule has 0 amide bonds. The number of nitrogens with two attached hydrogens (primary N) is 1. The Morgan fingerprint density at radius 2 is 1.95 bits per heavy atom. The van der Waals surface area contributed by atoms with E-state index in [-0.39, 0.29) is 0 Å². The van der Waals surface area contributed by atoms with Gasteiger partial charge in [-0.05, 0) is 37.5 Å². The molecule has 0 spiro atoms. The number of hydrogen-bond acceptors (Lipinski definition) is 2. The molecule has 2 unspecified atom stereocenters. The molecule has 0 heterocycles. The highest BCUT2D eigenvalue weighted by molar-refractivity contribution is 5.79. The minimum absolute atomic E-state index is 0.574. The molecular formula is C15H30N4. The number of nitrogens with one attached hydrogen (secondary N) is 2. The van der Waals surface area contributed by atoms with Crippen LogP contribution in [0.3, 0.4) is 0 Å². The van der Waals surface area contributed by atoms with E-state index in [0.29, 0.717) is 6.04 Å². The SMILES string of the molecule is CC1CCCC(CCN=C(NN)NC2CCCC2)C1. The molecule has 0 aromatic carbocycles. The first-order valence-electron chi connectivity index (χ1n) is 8.05. The molecule has 2 atom stereocenters. The Balaban J connectivity index is 1.69. The smallest absolute Gasteiger partial charge is 0.205 e. The molecule has 4 nitrogen and oxygen atoms in total. The average molecular weight is 266 g/mol. The minimum Gasteiger partial charge on any atom is -0.353 e. The van der Waals surface area contributed by atoms with E-state index in [1.54, 1.807) is 0 Å². The topological polar surface area (TPSA) is 62.4 Å². The lowest BCUT2D eigenvalue weighted by molar-refractivity contribution is 0.272. The third-order valence-electron chi connectivity index (χ3n) is 4.68. The van der Waals surface area contributed by atoms with Gasteiger partial charge in [0.15, 0.2) is 0 Å². The van der Waals surface area contributed by atoms with Crippen molar-refractivity contribution < 1.29 is 0 Å². The highest BCUT2D eigenvalue weighted by Crippen LogP contribution is 2.30. The molecule has 0 aliphatic heterocycles. The molecule has 0 aromatic rings. The van der Waals surface area contributed by atoms with Crippen LogP contribution in [0.1, 0.15) is 64.7 Å². The van der Waals surface area contributed by atoms with E-state index in [4.69, 9.17) is 5.84 Å². The summed E-state index contributed by atoms with van der Waals surface area (Å²) in [6.45, 7) is 3.28. The molecule has 0 aromatic heterocycles. The van der Waals surface area contributed by atoms with Crippen molar-refractivity contribution >= 4 is 5.96 Å². The summed E-state index contributed by atoms with van der Waals surface area (Å²) >= 11 is 0. The summed E-state index contributed by atoms with van der Waals surface area (Å²) in [5.41, 5.74) is 2.71. The zero-order chi connectivity index (χ0) is 13.5. The van der Waals surface area contributed by atoms with Gasteiger partial charge in [0, 0.05) is 12.6 Å². The van der Waals surface area contributed by atoms with Gasteiger partial charge >= 0.3 is 0 Å². The first kappa shape index (κ1) is 14.6. The number of hydrazine groups is 1. The highest BCUT2D eigenvalue weighted by atomic mass is 15.3. The normalized spacial score (nSPS) is 29.5. The van der Waals surface area contributed by atoms with Crippen LogP contribution in [0.2, 0.25) is 0 Å². The second kappa shape index (κ2) is 7.73. The summed E-state index contributed by atoms with van der Waals surface area (Å²) in [4.78, 5) is 4.59. The van der Waals surface area contributed by atoms with Gasteiger partial charge in [0.25, 0.3) is 0 Å². The molecule has 4 N–H and O–H groups in total. The van der Waals surface area contributed by atoms with Crippen molar-refractivity contribution in [1.82, 2.24) is 10.7 Å². The van der Waals surface area contributed by atoms with Crippen molar-refractivity contribution in [3.8, 4) is 0 Å². The summed E-state index contributed by atoms with van der Waals surface area (Å²) < 4.78 is 0. The Morgan fingerprint density at radius 1 is 1.16 bits per heavy atom. The minimum atomic E-state index is 0.574. The van der Waals surface area contributed by atoms with Gasteiger partial charge in [-0.1, -0.05) is 39.0 Å². The number of guanidine groups is 1. The highest BCUT2D eigenvalue weighted by Gasteiger charge is 2.19. The lowest BCUT2D eigenvalue weighted by Crippen LogP contribution is -2.45. The van der Waals surface area contributed by atoms with Crippen molar-refractivity contribution in [3.63, 3.8) is 0 Å². The number of rotatable bonds is 4. The van der Waals surface area contributed by atoms with E-state index >= 15 is 0 Å². The first-order valence-corrected chi connectivity index (χ1v) is 8.05. The lowest BCUT2D eigenvalue weighted by atomic mass is 9.81. The van der Waals surface area contributed by atoms with Gasteiger partial charge in [-0.3, -0.25) is 10.4 Å². The molecule has 0 bridgehead atoms. The third-order valence-corrected chi connectivity index (χ3v) is 4.68. The first-order chi connectivity index (χ1) is 9.28. The Hall–Kier alpha value is -0.770. The van der Waals surface area contributed by atoms with Crippen molar-refractivity contribution in [2.24, 2.45) is 22.7 Å². The van der Waals surface area contributed by atoms with Gasteiger partial charge in [-0.2, -0.15) is 0 Å². The molecule has 19 heavy (non-hydrogen) atoms. The van der Waals surface area contributed by atoms with Crippen LogP contribution in [0.25, 0.3) is 0 Å². The summed E-state index contributed by atoms with van der Waals surface area (Å²) in [5.74, 6) is 8.12. The molecule has 2 rings (SSSR count). The third kappa shape index (κ3) is 5.01. The fraction of sp³-hybridized carbons (Fsp3) is 0.933. The van der Waals surface area contributed by atoms with Crippen LogP contribution in [0.5, 0.6) is 0 Å². The van der Waals surface area contributed by atoms with Crippen LogP contribution in [0.15, 0.2) is 4.99 Å². The molecule has 0 saturated heterocycles. The molecule has 2 fully saturated rings. The molecule has 110 valence electrons. The van der Waals surface area contributed by atoms with Crippen LogP contribution < -0.4 is 16.6 Å². The lowest BCUT2D eigenvalue weighted by Gasteiger charge is -2.26. The fourth-order valence-corrected chi connectivity index (χ4v) is 3.58. The maximum absolute atomic E-state index is 5.55. The van der Waals surface area contributed by atoms with Gasteiger partial charge in [-0.15, -0.1) is 0 Å².